The molecule has 2 aromatic carbocycles. The van der Waals surface area contributed by atoms with Gasteiger partial charge in [-0.15, -0.1) is 0 Å². The lowest BCUT2D eigenvalue weighted by Gasteiger charge is -2.18. The van der Waals surface area contributed by atoms with Crippen LogP contribution in [-0.4, -0.2) is 23.3 Å². The molecule has 1 N–H and O–H groups in total. The molecule has 0 radical (unpaired) electrons. The summed E-state index contributed by atoms with van der Waals surface area (Å²) in [5.41, 5.74) is 1.50. The lowest BCUT2D eigenvalue weighted by Crippen LogP contribution is -2.26. The second-order valence-electron chi connectivity index (χ2n) is 5.71. The monoisotopic (exact) mass is 395 g/mol. The predicted molar refractivity (Wildman–Crippen MR) is 104 cm³/mol. The Morgan fingerprint density at radius 1 is 1.12 bits per heavy atom. The van der Waals surface area contributed by atoms with Crippen molar-refractivity contribution in [2.75, 3.05) is 11.9 Å². The summed E-state index contributed by atoms with van der Waals surface area (Å²) < 4.78 is 0. The Bertz CT molecular complexity index is 785. The van der Waals surface area contributed by atoms with Crippen molar-refractivity contribution in [1.29, 1.82) is 0 Å². The van der Waals surface area contributed by atoms with Crippen LogP contribution in [-0.2, 0) is 6.54 Å². The van der Waals surface area contributed by atoms with Gasteiger partial charge in [0.2, 0.25) is 0 Å². The Morgan fingerprint density at radius 3 is 2.48 bits per heavy atom. The van der Waals surface area contributed by atoms with E-state index < -0.39 is 6.03 Å². The van der Waals surface area contributed by atoms with Crippen LogP contribution in [0.2, 0.25) is 15.1 Å². The highest BCUT2D eigenvalue weighted by Crippen LogP contribution is 2.33. The Kier molecular flexibility index (Phi) is 5.84. The Morgan fingerprint density at radius 2 is 1.80 bits per heavy atom. The Balaban J connectivity index is 1.72. The van der Waals surface area contributed by atoms with Crippen LogP contribution in [0.1, 0.15) is 18.4 Å². The minimum absolute atomic E-state index is 0.276. The second kappa shape index (κ2) is 8.09. The molecule has 25 heavy (non-hydrogen) atoms. The number of benzene rings is 2. The first-order valence-electron chi connectivity index (χ1n) is 7.85. The average Bonchev–Trinajstić information content (AvgIpc) is 2.98. The highest BCUT2D eigenvalue weighted by atomic mass is 35.5. The van der Waals surface area contributed by atoms with E-state index in [-0.39, 0.29) is 10.0 Å². The molecule has 2 amide bonds. The molecule has 2 aromatic rings. The van der Waals surface area contributed by atoms with Crippen LogP contribution in [0, 0.1) is 0 Å². The molecule has 0 spiro atoms. The van der Waals surface area contributed by atoms with E-state index in [1.54, 1.807) is 0 Å². The van der Waals surface area contributed by atoms with E-state index in [1.165, 1.54) is 17.7 Å². The van der Waals surface area contributed by atoms with Gasteiger partial charge in [-0.3, -0.25) is 0 Å². The third-order valence-electron chi connectivity index (χ3n) is 3.88. The fourth-order valence-corrected chi connectivity index (χ4v) is 3.64. The minimum atomic E-state index is -0.499. The van der Waals surface area contributed by atoms with Gasteiger partial charge in [0.15, 0.2) is 0 Å². The maximum absolute atomic E-state index is 12.3. The van der Waals surface area contributed by atoms with Gasteiger partial charge in [-0.1, -0.05) is 65.1 Å². The van der Waals surface area contributed by atoms with Gasteiger partial charge in [0.05, 0.1) is 15.7 Å². The molecule has 1 heterocycles. The summed E-state index contributed by atoms with van der Waals surface area (Å²) in [7, 11) is 0. The highest BCUT2D eigenvalue weighted by molar-refractivity contribution is 6.42. The number of halogens is 3. The minimum Gasteiger partial charge on any atom is -0.356 e. The first kappa shape index (κ1) is 18.1. The zero-order valence-electron chi connectivity index (χ0n) is 13.3. The van der Waals surface area contributed by atoms with Crippen LogP contribution in [0.15, 0.2) is 47.5 Å². The molecule has 1 aliphatic heterocycles. The largest absolute Gasteiger partial charge is 0.356 e. The molecule has 4 nitrogen and oxygen atoms in total. The van der Waals surface area contributed by atoms with Crippen LogP contribution < -0.4 is 5.32 Å². The molecule has 1 aliphatic rings. The van der Waals surface area contributed by atoms with E-state index in [2.05, 4.69) is 27.3 Å². The summed E-state index contributed by atoms with van der Waals surface area (Å²) in [5, 5.41) is 3.60. The quantitative estimate of drug-likeness (QED) is 0.704. The number of amidine groups is 1. The zero-order chi connectivity index (χ0) is 17.8. The summed E-state index contributed by atoms with van der Waals surface area (Å²) in [6.45, 7) is 1.61. The number of hydrogen-bond acceptors (Lipinski definition) is 1. The molecule has 0 bridgehead atoms. The molecule has 130 valence electrons. The Labute approximate surface area is 161 Å². The van der Waals surface area contributed by atoms with Crippen LogP contribution >= 0.6 is 34.8 Å². The summed E-state index contributed by atoms with van der Waals surface area (Å²) in [6, 6.07) is 12.6. The number of urea groups is 1. The van der Waals surface area contributed by atoms with Gasteiger partial charge in [0, 0.05) is 24.5 Å². The van der Waals surface area contributed by atoms with Gasteiger partial charge >= 0.3 is 6.03 Å². The number of rotatable bonds is 3. The van der Waals surface area contributed by atoms with E-state index >= 15 is 0 Å². The first-order chi connectivity index (χ1) is 12.0. The molecule has 0 aliphatic carbocycles. The number of nitrogens with one attached hydrogen (secondary N) is 1. The fraction of sp³-hybridized carbons (Fsp3) is 0.222. The summed E-state index contributed by atoms with van der Waals surface area (Å²) in [5.74, 6) is 0.766. The third kappa shape index (κ3) is 4.66. The smallest absolute Gasteiger partial charge is 0.347 e. The summed E-state index contributed by atoms with van der Waals surface area (Å²) >= 11 is 18.1. The number of likely N-dealkylation sites (tertiary alicyclic amines) is 1. The second-order valence-corrected chi connectivity index (χ2v) is 6.96. The first-order valence-corrected chi connectivity index (χ1v) is 8.98. The number of anilines is 1. The Hall–Kier alpha value is -1.75. The molecule has 0 saturated carbocycles. The van der Waals surface area contributed by atoms with Gasteiger partial charge in [0.25, 0.3) is 0 Å². The van der Waals surface area contributed by atoms with Gasteiger partial charge < -0.3 is 10.2 Å². The zero-order valence-corrected chi connectivity index (χ0v) is 15.6. The molecule has 0 atom stereocenters. The molecule has 7 heteroatoms. The highest BCUT2D eigenvalue weighted by Gasteiger charge is 2.20. The molecule has 1 saturated heterocycles. The van der Waals surface area contributed by atoms with E-state index in [0.717, 1.165) is 31.8 Å². The van der Waals surface area contributed by atoms with Gasteiger partial charge in [-0.25, -0.2) is 4.79 Å². The van der Waals surface area contributed by atoms with Crippen molar-refractivity contribution >= 4 is 52.4 Å². The molecule has 3 rings (SSSR count). The number of aliphatic imine (C=N–C) groups is 1. The molecular weight excluding hydrogens is 381 g/mol. The van der Waals surface area contributed by atoms with E-state index in [0.29, 0.717) is 10.7 Å². The SMILES string of the molecule is O=C(/N=C1/CCCN1Cc1ccccc1)Nc1c(Cl)cc(Cl)cc1Cl. The van der Waals surface area contributed by atoms with Crippen molar-refractivity contribution in [1.82, 2.24) is 4.90 Å². The van der Waals surface area contributed by atoms with Gasteiger partial charge in [-0.05, 0) is 24.1 Å². The van der Waals surface area contributed by atoms with Crippen LogP contribution in [0.3, 0.4) is 0 Å². The number of hydrogen-bond donors (Lipinski definition) is 1. The van der Waals surface area contributed by atoms with Crippen molar-refractivity contribution in [3.8, 4) is 0 Å². The number of amides is 2. The predicted octanol–water partition coefficient (Wildman–Crippen LogP) is 5.87. The normalized spacial score (nSPS) is 15.6. The van der Waals surface area contributed by atoms with Gasteiger partial charge in [-0.2, -0.15) is 4.99 Å². The van der Waals surface area contributed by atoms with E-state index in [4.69, 9.17) is 34.8 Å². The average molecular weight is 397 g/mol. The van der Waals surface area contributed by atoms with Crippen molar-refractivity contribution in [3.63, 3.8) is 0 Å². The maximum Gasteiger partial charge on any atom is 0.347 e. The molecule has 0 aromatic heterocycles. The summed E-state index contributed by atoms with van der Waals surface area (Å²) in [6.07, 6.45) is 1.74. The molecular formula is C18H16Cl3N3O. The number of carbonyl (C=O) groups excluding carboxylic acids is 1. The van der Waals surface area contributed by atoms with Crippen molar-refractivity contribution < 1.29 is 4.79 Å². The standard InChI is InChI=1S/C18H16Cl3N3O/c19-13-9-14(20)17(15(21)10-13)23-18(25)22-16-7-4-8-24(16)11-12-5-2-1-3-6-12/h1-3,5-6,9-10H,4,7-8,11H2,(H,23,25)/b22-16-. The fourth-order valence-electron chi connectivity index (χ4n) is 2.73. The van der Waals surface area contributed by atoms with Crippen molar-refractivity contribution in [2.45, 2.75) is 19.4 Å². The number of carbonyl (C=O) groups is 1. The lowest BCUT2D eigenvalue weighted by molar-refractivity contribution is 0.259. The maximum atomic E-state index is 12.3. The van der Waals surface area contributed by atoms with E-state index in [9.17, 15) is 4.79 Å². The van der Waals surface area contributed by atoms with Crippen molar-refractivity contribution in [2.24, 2.45) is 4.99 Å². The van der Waals surface area contributed by atoms with Crippen molar-refractivity contribution in [3.05, 3.63) is 63.1 Å². The van der Waals surface area contributed by atoms with Crippen LogP contribution in [0.25, 0.3) is 0 Å². The number of nitrogens with zero attached hydrogens (tertiary/aromatic N) is 2. The van der Waals surface area contributed by atoms with E-state index in [1.807, 2.05) is 18.2 Å². The van der Waals surface area contributed by atoms with Crippen LogP contribution in [0.5, 0.6) is 0 Å². The molecule has 0 unspecified atom stereocenters. The van der Waals surface area contributed by atoms with Crippen LogP contribution in [0.4, 0.5) is 10.5 Å². The molecule has 1 fully saturated rings. The topological polar surface area (TPSA) is 44.7 Å². The lowest BCUT2D eigenvalue weighted by atomic mass is 10.2. The third-order valence-corrected chi connectivity index (χ3v) is 4.69. The summed E-state index contributed by atoms with van der Waals surface area (Å²) in [4.78, 5) is 18.6. The van der Waals surface area contributed by atoms with Gasteiger partial charge in [0.1, 0.15) is 5.84 Å².